The first kappa shape index (κ1) is 21.8. The fourth-order valence-electron chi connectivity index (χ4n) is 4.76. The predicted octanol–water partition coefficient (Wildman–Crippen LogP) is 5.64. The van der Waals surface area contributed by atoms with Gasteiger partial charge in [-0.2, -0.15) is 18.2 Å². The van der Waals surface area contributed by atoms with Crippen LogP contribution in [0.3, 0.4) is 0 Å². The Morgan fingerprint density at radius 2 is 1.89 bits per heavy atom. The van der Waals surface area contributed by atoms with Gasteiger partial charge in [0.2, 0.25) is 0 Å². The molecule has 0 saturated heterocycles. The van der Waals surface area contributed by atoms with Crippen LogP contribution in [0.5, 0.6) is 0 Å². The Bertz CT molecular complexity index is 1570. The van der Waals surface area contributed by atoms with Gasteiger partial charge in [-0.15, -0.1) is 10.2 Å². The van der Waals surface area contributed by atoms with Crippen molar-refractivity contribution in [2.45, 2.75) is 38.8 Å². The maximum absolute atomic E-state index is 15.1. The number of alkyl halides is 3. The monoisotopic (exact) mass is 483 g/mol. The van der Waals surface area contributed by atoms with Gasteiger partial charge < -0.3 is 4.90 Å². The van der Waals surface area contributed by atoms with E-state index in [-0.39, 0.29) is 35.4 Å². The van der Waals surface area contributed by atoms with Gasteiger partial charge in [-0.25, -0.2) is 8.78 Å². The molecule has 2 aliphatic rings. The van der Waals surface area contributed by atoms with Crippen molar-refractivity contribution in [2.75, 3.05) is 11.4 Å². The quantitative estimate of drug-likeness (QED) is 0.260. The third-order valence-corrected chi connectivity index (χ3v) is 6.74. The van der Waals surface area contributed by atoms with Crippen molar-refractivity contribution in [2.24, 2.45) is 5.41 Å². The molecule has 3 heterocycles. The Morgan fingerprint density at radius 1 is 1.09 bits per heavy atom. The lowest BCUT2D eigenvalue weighted by Gasteiger charge is -2.32. The number of halogens is 5. The van der Waals surface area contributed by atoms with E-state index in [0.29, 0.717) is 42.0 Å². The van der Waals surface area contributed by atoms with Crippen molar-refractivity contribution in [3.63, 3.8) is 0 Å². The number of benzene rings is 2. The van der Waals surface area contributed by atoms with E-state index in [1.807, 2.05) is 0 Å². The molecule has 2 aromatic carbocycles. The molecule has 0 radical (unpaired) electrons. The zero-order valence-corrected chi connectivity index (χ0v) is 18.5. The Balaban J connectivity index is 1.55. The van der Waals surface area contributed by atoms with Gasteiger partial charge in [-0.3, -0.25) is 4.40 Å². The third-order valence-electron chi connectivity index (χ3n) is 6.74. The molecule has 10 heteroatoms. The van der Waals surface area contributed by atoms with Crippen LogP contribution in [0.15, 0.2) is 30.3 Å². The molecule has 1 aliphatic heterocycles. The molecule has 0 spiro atoms. The SMILES string of the molecule is Cc1nnc2nc(N3CCCc4c(C#CC5(C(F)(F)F)CC5)cc(F)cc43)c3c(F)cccc3n12. The molecule has 1 saturated carbocycles. The van der Waals surface area contributed by atoms with E-state index in [1.165, 1.54) is 18.2 Å². The molecule has 0 bridgehead atoms. The summed E-state index contributed by atoms with van der Waals surface area (Å²) in [6, 6.07) is 7.08. The molecule has 6 rings (SSSR count). The lowest BCUT2D eigenvalue weighted by Crippen LogP contribution is -2.27. The maximum atomic E-state index is 15.1. The average Bonchev–Trinajstić information content (AvgIpc) is 3.53. The normalized spacial score (nSPS) is 16.8. The number of aryl methyl sites for hydroxylation is 1. The number of fused-ring (bicyclic) bond motifs is 4. The summed E-state index contributed by atoms with van der Waals surface area (Å²) in [6.07, 6.45) is -3.43. The number of aromatic nitrogens is 4. The van der Waals surface area contributed by atoms with Crippen molar-refractivity contribution in [3.8, 4) is 11.8 Å². The van der Waals surface area contributed by atoms with E-state index >= 15 is 4.39 Å². The molecule has 1 aliphatic carbocycles. The molecule has 178 valence electrons. The largest absolute Gasteiger partial charge is 0.405 e. The van der Waals surface area contributed by atoms with E-state index in [1.54, 1.807) is 28.4 Å². The van der Waals surface area contributed by atoms with Gasteiger partial charge in [0.1, 0.15) is 28.7 Å². The summed E-state index contributed by atoms with van der Waals surface area (Å²) in [5, 5.41) is 8.35. The molecule has 0 unspecified atom stereocenters. The zero-order valence-electron chi connectivity index (χ0n) is 18.5. The van der Waals surface area contributed by atoms with Gasteiger partial charge in [0, 0.05) is 17.8 Å². The van der Waals surface area contributed by atoms with Crippen LogP contribution in [0.25, 0.3) is 16.7 Å². The van der Waals surface area contributed by atoms with E-state index in [0.717, 1.165) is 0 Å². The van der Waals surface area contributed by atoms with Crippen LogP contribution < -0.4 is 4.90 Å². The molecule has 0 amide bonds. The van der Waals surface area contributed by atoms with Crippen molar-refractivity contribution in [1.82, 2.24) is 19.6 Å². The summed E-state index contributed by atoms with van der Waals surface area (Å²) >= 11 is 0. The molecular formula is C25H18F5N5. The minimum Gasteiger partial charge on any atom is -0.325 e. The number of anilines is 2. The molecule has 0 atom stereocenters. The first-order valence-corrected chi connectivity index (χ1v) is 11.2. The van der Waals surface area contributed by atoms with E-state index < -0.39 is 23.2 Å². The molecule has 4 aromatic rings. The summed E-state index contributed by atoms with van der Waals surface area (Å²) in [7, 11) is 0. The zero-order chi connectivity index (χ0) is 24.5. The predicted molar refractivity (Wildman–Crippen MR) is 119 cm³/mol. The van der Waals surface area contributed by atoms with Crippen LogP contribution in [0.2, 0.25) is 0 Å². The fourth-order valence-corrected chi connectivity index (χ4v) is 4.76. The van der Waals surface area contributed by atoms with Gasteiger partial charge in [-0.05, 0) is 62.4 Å². The minimum atomic E-state index is -4.43. The second kappa shape index (κ2) is 7.38. The van der Waals surface area contributed by atoms with Crippen LogP contribution in [-0.4, -0.2) is 32.3 Å². The number of nitrogens with zero attached hydrogens (tertiary/aromatic N) is 5. The molecule has 5 nitrogen and oxygen atoms in total. The Labute approximate surface area is 196 Å². The van der Waals surface area contributed by atoms with Gasteiger partial charge >= 0.3 is 6.18 Å². The second-order valence-corrected chi connectivity index (χ2v) is 8.99. The van der Waals surface area contributed by atoms with Crippen molar-refractivity contribution >= 4 is 28.2 Å². The minimum absolute atomic E-state index is 0.0555. The smallest absolute Gasteiger partial charge is 0.325 e. The van der Waals surface area contributed by atoms with Gasteiger partial charge in [0.25, 0.3) is 5.78 Å². The lowest BCUT2D eigenvalue weighted by molar-refractivity contribution is -0.168. The highest BCUT2D eigenvalue weighted by Gasteiger charge is 2.62. The highest BCUT2D eigenvalue weighted by atomic mass is 19.4. The molecule has 2 aromatic heterocycles. The lowest BCUT2D eigenvalue weighted by atomic mass is 9.95. The Morgan fingerprint density at radius 3 is 2.63 bits per heavy atom. The topological polar surface area (TPSA) is 46.3 Å². The number of rotatable bonds is 1. The average molecular weight is 483 g/mol. The highest BCUT2D eigenvalue weighted by Crippen LogP contribution is 2.57. The Hall–Kier alpha value is -3.74. The van der Waals surface area contributed by atoms with E-state index in [9.17, 15) is 17.6 Å². The third kappa shape index (κ3) is 3.32. The van der Waals surface area contributed by atoms with Crippen LogP contribution >= 0.6 is 0 Å². The number of hydrogen-bond donors (Lipinski definition) is 0. The number of hydrogen-bond acceptors (Lipinski definition) is 4. The summed E-state index contributed by atoms with van der Waals surface area (Å²) < 4.78 is 71.6. The van der Waals surface area contributed by atoms with E-state index in [4.69, 9.17) is 0 Å². The molecule has 0 N–H and O–H groups in total. The van der Waals surface area contributed by atoms with Gasteiger partial charge in [-0.1, -0.05) is 17.9 Å². The maximum Gasteiger partial charge on any atom is 0.405 e. The first-order valence-electron chi connectivity index (χ1n) is 11.2. The van der Waals surface area contributed by atoms with Crippen molar-refractivity contribution in [1.29, 1.82) is 0 Å². The van der Waals surface area contributed by atoms with Crippen LogP contribution in [0, 0.1) is 35.8 Å². The summed E-state index contributed by atoms with van der Waals surface area (Å²) in [6.45, 7) is 2.14. The Kier molecular flexibility index (Phi) is 4.59. The highest BCUT2D eigenvalue weighted by molar-refractivity contribution is 5.94. The fraction of sp³-hybridized carbons (Fsp3) is 0.320. The summed E-state index contributed by atoms with van der Waals surface area (Å²) in [5.41, 5.74) is -0.263. The van der Waals surface area contributed by atoms with Gasteiger partial charge in [0.15, 0.2) is 0 Å². The summed E-state index contributed by atoms with van der Waals surface area (Å²) in [5.74, 6) is 4.89. The molecular weight excluding hydrogens is 465 g/mol. The van der Waals surface area contributed by atoms with Crippen molar-refractivity contribution in [3.05, 3.63) is 58.9 Å². The van der Waals surface area contributed by atoms with E-state index in [2.05, 4.69) is 27.0 Å². The summed E-state index contributed by atoms with van der Waals surface area (Å²) in [4.78, 5) is 6.26. The van der Waals surface area contributed by atoms with Gasteiger partial charge in [0.05, 0.1) is 10.9 Å². The standard InChI is InChI=1S/C25H18F5N5/c1-14-32-33-23-31-22(21-18(27)5-2-6-19(21)35(14)23)34-11-3-4-17-15(12-16(26)13-20(17)34)7-8-24(9-10-24)25(28,29)30/h2,5-6,12-13H,3-4,9-11H2,1H3. The molecule has 1 fully saturated rings. The first-order chi connectivity index (χ1) is 16.7. The van der Waals surface area contributed by atoms with Crippen LogP contribution in [0.4, 0.5) is 33.5 Å². The van der Waals surface area contributed by atoms with Crippen LogP contribution in [-0.2, 0) is 6.42 Å². The van der Waals surface area contributed by atoms with Crippen LogP contribution in [0.1, 0.15) is 36.2 Å². The van der Waals surface area contributed by atoms with Crippen molar-refractivity contribution < 1.29 is 22.0 Å². The molecule has 35 heavy (non-hydrogen) atoms. The second-order valence-electron chi connectivity index (χ2n) is 8.99.